The average molecular weight is 734 g/mol. The number of quaternary nitrogens is 1. The van der Waals surface area contributed by atoms with Gasteiger partial charge < -0.3 is 28.6 Å². The number of rotatable bonds is 37. The fourth-order valence-electron chi connectivity index (χ4n) is 5.92. The van der Waals surface area contributed by atoms with E-state index >= 15 is 0 Å². The molecule has 0 spiro atoms. The summed E-state index contributed by atoms with van der Waals surface area (Å²) in [6.07, 6.45) is 38.8. The van der Waals surface area contributed by atoms with E-state index in [1.54, 1.807) is 21.1 Å². The van der Waals surface area contributed by atoms with Crippen LogP contribution in [-0.4, -0.2) is 75.5 Å². The van der Waals surface area contributed by atoms with Crippen molar-refractivity contribution < 1.29 is 38.2 Å². The van der Waals surface area contributed by atoms with Crippen LogP contribution in [0.4, 0.5) is 0 Å². The molecule has 0 radical (unpaired) electrons. The summed E-state index contributed by atoms with van der Waals surface area (Å²) < 4.78 is 17.1. The molecule has 0 aromatic heterocycles. The SMILES string of the molecule is CCCC/C=C/CCCCCCC(=O)OC(COCCC(C(=O)[O-])[N+](C)(C)C)COC(=O)CCCCCCC/C=C/C=C/CCCCCCCCC. The first-order valence-electron chi connectivity index (χ1n) is 21.0. The fourth-order valence-corrected chi connectivity index (χ4v) is 5.92. The molecule has 2 unspecified atom stereocenters. The average Bonchev–Trinajstić information content (AvgIpc) is 3.09. The molecule has 0 heterocycles. The molecular weight excluding hydrogens is 654 g/mol. The van der Waals surface area contributed by atoms with Crippen molar-refractivity contribution in [2.45, 2.75) is 187 Å². The van der Waals surface area contributed by atoms with E-state index in [-0.39, 0.29) is 42.7 Å². The van der Waals surface area contributed by atoms with Crippen molar-refractivity contribution in [3.8, 4) is 0 Å². The van der Waals surface area contributed by atoms with Gasteiger partial charge in [0.25, 0.3) is 0 Å². The quantitative estimate of drug-likeness (QED) is 0.0206. The summed E-state index contributed by atoms with van der Waals surface area (Å²) in [5.41, 5.74) is 0. The number of carbonyl (C=O) groups is 3. The number of hydrogen-bond donors (Lipinski definition) is 0. The van der Waals surface area contributed by atoms with Gasteiger partial charge in [-0.05, 0) is 57.8 Å². The highest BCUT2D eigenvalue weighted by atomic mass is 16.6. The number of carboxylic acids is 1. The van der Waals surface area contributed by atoms with Crippen molar-refractivity contribution in [2.24, 2.45) is 0 Å². The zero-order chi connectivity index (χ0) is 38.5. The van der Waals surface area contributed by atoms with Crippen molar-refractivity contribution in [3.05, 3.63) is 36.5 Å². The summed E-state index contributed by atoms with van der Waals surface area (Å²) in [4.78, 5) is 36.7. The molecule has 0 saturated carbocycles. The number of aliphatic carboxylic acids is 1. The first-order chi connectivity index (χ1) is 25.1. The predicted molar refractivity (Wildman–Crippen MR) is 213 cm³/mol. The first kappa shape index (κ1) is 49.6. The Balaban J connectivity index is 4.35. The molecule has 8 heteroatoms. The van der Waals surface area contributed by atoms with Crippen molar-refractivity contribution in [3.63, 3.8) is 0 Å². The van der Waals surface area contributed by atoms with Gasteiger partial charge >= 0.3 is 11.9 Å². The molecule has 0 fully saturated rings. The van der Waals surface area contributed by atoms with E-state index in [1.165, 1.54) is 64.2 Å². The smallest absolute Gasteiger partial charge is 0.306 e. The Bertz CT molecular complexity index is 953. The number of hydrogen-bond acceptors (Lipinski definition) is 7. The van der Waals surface area contributed by atoms with Crippen molar-refractivity contribution in [1.29, 1.82) is 0 Å². The second-order valence-electron chi connectivity index (χ2n) is 15.2. The number of carbonyl (C=O) groups excluding carboxylic acids is 3. The van der Waals surface area contributed by atoms with Gasteiger partial charge in [-0.2, -0.15) is 0 Å². The van der Waals surface area contributed by atoms with E-state index in [4.69, 9.17) is 14.2 Å². The van der Waals surface area contributed by atoms with E-state index in [0.29, 0.717) is 12.8 Å². The van der Waals surface area contributed by atoms with E-state index in [0.717, 1.165) is 77.0 Å². The highest BCUT2D eigenvalue weighted by Crippen LogP contribution is 2.13. The van der Waals surface area contributed by atoms with Gasteiger partial charge in [-0.15, -0.1) is 0 Å². The number of unbranched alkanes of at least 4 members (excludes halogenated alkanes) is 18. The van der Waals surface area contributed by atoms with Gasteiger partial charge in [0.1, 0.15) is 12.6 Å². The van der Waals surface area contributed by atoms with Gasteiger partial charge in [0, 0.05) is 19.3 Å². The van der Waals surface area contributed by atoms with Crippen LogP contribution in [-0.2, 0) is 28.6 Å². The van der Waals surface area contributed by atoms with Crippen LogP contribution >= 0.6 is 0 Å². The van der Waals surface area contributed by atoms with E-state index in [2.05, 4.69) is 50.3 Å². The minimum atomic E-state index is -1.13. The van der Waals surface area contributed by atoms with Gasteiger partial charge in [0.05, 0.1) is 40.3 Å². The lowest BCUT2D eigenvalue weighted by atomic mass is 10.1. The minimum absolute atomic E-state index is 0.0315. The number of esters is 2. The molecule has 0 amide bonds. The summed E-state index contributed by atoms with van der Waals surface area (Å²) in [6, 6.07) is -0.728. The van der Waals surface area contributed by atoms with Gasteiger partial charge in [0.15, 0.2) is 6.10 Å². The predicted octanol–water partition coefficient (Wildman–Crippen LogP) is 9.74. The van der Waals surface area contributed by atoms with Crippen LogP contribution in [0.3, 0.4) is 0 Å². The number of nitrogens with zero attached hydrogens (tertiary/aromatic N) is 1. The maximum atomic E-state index is 12.6. The second-order valence-corrected chi connectivity index (χ2v) is 15.2. The van der Waals surface area contributed by atoms with Crippen LogP contribution < -0.4 is 5.11 Å². The Hall–Kier alpha value is -2.45. The van der Waals surface area contributed by atoms with Crippen LogP contribution in [0.1, 0.15) is 174 Å². The molecule has 0 aliphatic heterocycles. The highest BCUT2D eigenvalue weighted by Gasteiger charge is 2.25. The summed E-state index contributed by atoms with van der Waals surface area (Å²) in [7, 11) is 5.39. The normalized spacial score (nSPS) is 13.3. The Morgan fingerprint density at radius 3 is 1.56 bits per heavy atom. The third kappa shape index (κ3) is 33.4. The van der Waals surface area contributed by atoms with E-state index in [9.17, 15) is 19.5 Å². The van der Waals surface area contributed by atoms with E-state index in [1.807, 2.05) is 0 Å². The van der Waals surface area contributed by atoms with Gasteiger partial charge in [0.2, 0.25) is 0 Å². The molecule has 52 heavy (non-hydrogen) atoms. The summed E-state index contributed by atoms with van der Waals surface area (Å²) in [6.45, 7) is 4.57. The maximum absolute atomic E-state index is 12.6. The molecule has 0 aromatic carbocycles. The van der Waals surface area contributed by atoms with Crippen molar-refractivity contribution >= 4 is 17.9 Å². The van der Waals surface area contributed by atoms with Crippen LogP contribution in [0, 0.1) is 0 Å². The third-order valence-electron chi connectivity index (χ3n) is 9.28. The van der Waals surface area contributed by atoms with Gasteiger partial charge in [-0.3, -0.25) is 9.59 Å². The summed E-state index contributed by atoms with van der Waals surface area (Å²) >= 11 is 0. The summed E-state index contributed by atoms with van der Waals surface area (Å²) in [5.74, 6) is -1.77. The van der Waals surface area contributed by atoms with Crippen molar-refractivity contribution in [2.75, 3.05) is 41.0 Å². The zero-order valence-electron chi connectivity index (χ0n) is 34.2. The first-order valence-corrected chi connectivity index (χ1v) is 21.0. The molecule has 0 bridgehead atoms. The molecule has 0 aliphatic rings. The van der Waals surface area contributed by atoms with Crippen molar-refractivity contribution in [1.82, 2.24) is 0 Å². The van der Waals surface area contributed by atoms with Gasteiger partial charge in [-0.25, -0.2) is 0 Å². The number of likely N-dealkylation sites (N-methyl/N-ethyl adjacent to an activating group) is 1. The van der Waals surface area contributed by atoms with Crippen LogP contribution in [0.25, 0.3) is 0 Å². The lowest BCUT2D eigenvalue weighted by Gasteiger charge is -2.34. The molecular formula is C44H79NO7. The molecule has 0 aromatic rings. The number of carboxylic acid groups (broad SMARTS) is 1. The Morgan fingerprint density at radius 2 is 1.04 bits per heavy atom. The molecule has 2 atom stereocenters. The molecule has 0 saturated heterocycles. The molecule has 0 aliphatic carbocycles. The number of allylic oxidation sites excluding steroid dienone is 6. The van der Waals surface area contributed by atoms with Crippen LogP contribution in [0.2, 0.25) is 0 Å². The van der Waals surface area contributed by atoms with Crippen LogP contribution in [0.15, 0.2) is 36.5 Å². The van der Waals surface area contributed by atoms with Crippen LogP contribution in [0.5, 0.6) is 0 Å². The van der Waals surface area contributed by atoms with Gasteiger partial charge in [-0.1, -0.05) is 134 Å². The maximum Gasteiger partial charge on any atom is 0.306 e. The zero-order valence-corrected chi connectivity index (χ0v) is 34.2. The number of ether oxygens (including phenoxy) is 3. The fraction of sp³-hybridized carbons (Fsp3) is 0.795. The monoisotopic (exact) mass is 734 g/mol. The molecule has 8 nitrogen and oxygen atoms in total. The second kappa shape index (κ2) is 35.6. The lowest BCUT2D eigenvalue weighted by Crippen LogP contribution is -2.55. The Kier molecular flexibility index (Phi) is 33.9. The topological polar surface area (TPSA) is 102 Å². The highest BCUT2D eigenvalue weighted by molar-refractivity contribution is 5.70. The Morgan fingerprint density at radius 1 is 0.577 bits per heavy atom. The standard InChI is InChI=1S/C44H79NO7/c1-6-8-10-12-14-16-18-19-20-21-22-23-24-25-27-28-30-32-34-42(46)51-39-40(38-50-37-36-41(44(48)49)45(3,4)5)52-43(47)35-33-31-29-26-17-15-13-11-9-7-2/h13,15,20-23,40-41H,6-12,14,16-19,24-39H2,1-5H3/b15-13+,21-20+,23-22+. The third-order valence-corrected chi connectivity index (χ3v) is 9.28. The minimum Gasteiger partial charge on any atom is -0.544 e. The lowest BCUT2D eigenvalue weighted by molar-refractivity contribution is -0.889. The summed E-state index contributed by atoms with van der Waals surface area (Å²) in [5, 5.41) is 11.6. The Labute approximate surface area is 319 Å². The largest absolute Gasteiger partial charge is 0.544 e. The molecule has 0 rings (SSSR count). The van der Waals surface area contributed by atoms with E-state index < -0.39 is 18.1 Å². The molecule has 302 valence electrons. The molecule has 0 N–H and O–H groups in total.